The number of hydrogen-bond acceptors (Lipinski definition) is 2. The molecule has 1 heterocycles. The fraction of sp³-hybridized carbons (Fsp3) is 0.600. The van der Waals surface area contributed by atoms with Crippen molar-refractivity contribution in [1.29, 1.82) is 0 Å². The molecule has 3 heteroatoms. The molecule has 0 bridgehead atoms. The molecule has 0 atom stereocenters. The number of nitrogens with one attached hydrogen (secondary N) is 1. The minimum Gasteiger partial charge on any atom is -0.311 e. The van der Waals surface area contributed by atoms with Gasteiger partial charge in [-0.3, -0.25) is 0 Å². The lowest BCUT2D eigenvalue weighted by Crippen LogP contribution is -2.37. The maximum atomic E-state index is 13.4. The largest absolute Gasteiger partial charge is 0.311 e. The number of piperidine rings is 1. The lowest BCUT2D eigenvalue weighted by molar-refractivity contribution is 0.193. The summed E-state index contributed by atoms with van der Waals surface area (Å²) < 4.78 is 13.4. The average Bonchev–Trinajstić information content (AvgIpc) is 2.39. The second kappa shape index (κ2) is 6.86. The van der Waals surface area contributed by atoms with E-state index in [2.05, 4.69) is 17.1 Å². The second-order valence-electron chi connectivity index (χ2n) is 5.29. The minimum atomic E-state index is -0.114. The van der Waals surface area contributed by atoms with Gasteiger partial charge in [0.15, 0.2) is 0 Å². The van der Waals surface area contributed by atoms with E-state index in [4.69, 9.17) is 0 Å². The molecule has 1 saturated heterocycles. The molecule has 0 radical (unpaired) electrons. The summed E-state index contributed by atoms with van der Waals surface area (Å²) in [5.41, 5.74) is 0.754. The van der Waals surface area contributed by atoms with Crippen LogP contribution >= 0.6 is 0 Å². The van der Waals surface area contributed by atoms with E-state index in [0.717, 1.165) is 24.6 Å². The lowest BCUT2D eigenvalue weighted by atomic mass is 9.99. The third-order valence-electron chi connectivity index (χ3n) is 3.75. The zero-order valence-corrected chi connectivity index (χ0v) is 11.2. The molecule has 1 N–H and O–H groups in total. The Balaban J connectivity index is 1.63. The second-order valence-corrected chi connectivity index (χ2v) is 5.29. The monoisotopic (exact) mass is 250 g/mol. The maximum Gasteiger partial charge on any atom is 0.127 e. The number of likely N-dealkylation sites (tertiary alicyclic amines) is 1. The number of rotatable bonds is 5. The average molecular weight is 250 g/mol. The van der Waals surface area contributed by atoms with Crippen molar-refractivity contribution in [2.24, 2.45) is 5.92 Å². The smallest absolute Gasteiger partial charge is 0.127 e. The molecule has 1 aliphatic heterocycles. The molecular weight excluding hydrogens is 227 g/mol. The maximum absolute atomic E-state index is 13.4. The molecule has 1 fully saturated rings. The topological polar surface area (TPSA) is 15.3 Å². The zero-order chi connectivity index (χ0) is 12.8. The van der Waals surface area contributed by atoms with Gasteiger partial charge in [-0.25, -0.2) is 4.39 Å². The van der Waals surface area contributed by atoms with Crippen LogP contribution in [0.25, 0.3) is 0 Å². The van der Waals surface area contributed by atoms with Crippen molar-refractivity contribution in [3.63, 3.8) is 0 Å². The van der Waals surface area contributed by atoms with Crippen LogP contribution in [0.4, 0.5) is 4.39 Å². The van der Waals surface area contributed by atoms with Crippen LogP contribution in [-0.2, 0) is 6.54 Å². The van der Waals surface area contributed by atoms with Crippen LogP contribution in [-0.4, -0.2) is 31.1 Å². The number of hydrogen-bond donors (Lipinski definition) is 1. The standard InChI is InChI=1S/C15H23FN2/c1-13-6-9-18(10-7-13)11-8-17-12-14-4-2-3-5-15(14)16/h2-5,13,17H,6-12H2,1H3. The van der Waals surface area contributed by atoms with Gasteiger partial charge in [0.05, 0.1) is 0 Å². The van der Waals surface area contributed by atoms with Gasteiger partial charge in [0, 0.05) is 25.2 Å². The van der Waals surface area contributed by atoms with E-state index in [1.807, 2.05) is 12.1 Å². The summed E-state index contributed by atoms with van der Waals surface area (Å²) in [7, 11) is 0. The summed E-state index contributed by atoms with van der Waals surface area (Å²) in [6.07, 6.45) is 2.63. The fourth-order valence-corrected chi connectivity index (χ4v) is 2.39. The highest BCUT2D eigenvalue weighted by atomic mass is 19.1. The molecule has 2 nitrogen and oxygen atoms in total. The van der Waals surface area contributed by atoms with Gasteiger partial charge in [-0.2, -0.15) is 0 Å². The highest BCUT2D eigenvalue weighted by Gasteiger charge is 2.14. The van der Waals surface area contributed by atoms with Crippen LogP contribution in [0.15, 0.2) is 24.3 Å². The van der Waals surface area contributed by atoms with Crippen molar-refractivity contribution in [2.75, 3.05) is 26.2 Å². The molecule has 0 aromatic heterocycles. The first kappa shape index (κ1) is 13.5. The van der Waals surface area contributed by atoms with E-state index < -0.39 is 0 Å². The number of halogens is 1. The molecule has 18 heavy (non-hydrogen) atoms. The van der Waals surface area contributed by atoms with Crippen molar-refractivity contribution >= 4 is 0 Å². The van der Waals surface area contributed by atoms with E-state index in [1.165, 1.54) is 32.0 Å². The van der Waals surface area contributed by atoms with E-state index in [0.29, 0.717) is 6.54 Å². The normalized spacial score (nSPS) is 18.1. The van der Waals surface area contributed by atoms with Crippen LogP contribution in [0, 0.1) is 11.7 Å². The van der Waals surface area contributed by atoms with Crippen molar-refractivity contribution in [3.05, 3.63) is 35.6 Å². The summed E-state index contributed by atoms with van der Waals surface area (Å²) in [5, 5.41) is 3.32. The van der Waals surface area contributed by atoms with Gasteiger partial charge in [-0.15, -0.1) is 0 Å². The quantitative estimate of drug-likeness (QED) is 0.808. The number of benzene rings is 1. The predicted molar refractivity (Wildman–Crippen MR) is 72.9 cm³/mol. The molecule has 0 saturated carbocycles. The lowest BCUT2D eigenvalue weighted by Gasteiger charge is -2.30. The molecule has 1 aromatic carbocycles. The highest BCUT2D eigenvalue weighted by molar-refractivity contribution is 5.16. The molecule has 0 amide bonds. The van der Waals surface area contributed by atoms with E-state index in [9.17, 15) is 4.39 Å². The Morgan fingerprint density at radius 2 is 2.00 bits per heavy atom. The summed E-state index contributed by atoms with van der Waals surface area (Å²) in [5.74, 6) is 0.768. The first-order valence-corrected chi connectivity index (χ1v) is 6.92. The van der Waals surface area contributed by atoms with Crippen LogP contribution in [0.5, 0.6) is 0 Å². The summed E-state index contributed by atoms with van der Waals surface area (Å²) in [4.78, 5) is 2.49. The Hall–Kier alpha value is -0.930. The molecule has 0 aliphatic carbocycles. The molecule has 1 aliphatic rings. The van der Waals surface area contributed by atoms with Gasteiger partial charge < -0.3 is 10.2 Å². The van der Waals surface area contributed by atoms with Crippen LogP contribution in [0.1, 0.15) is 25.3 Å². The third kappa shape index (κ3) is 4.07. The molecule has 0 unspecified atom stereocenters. The van der Waals surface area contributed by atoms with Gasteiger partial charge in [0.25, 0.3) is 0 Å². The van der Waals surface area contributed by atoms with Crippen LogP contribution in [0.2, 0.25) is 0 Å². The molecule has 0 spiro atoms. The van der Waals surface area contributed by atoms with E-state index in [-0.39, 0.29) is 5.82 Å². The number of nitrogens with zero attached hydrogens (tertiary/aromatic N) is 1. The van der Waals surface area contributed by atoms with Crippen molar-refractivity contribution in [2.45, 2.75) is 26.3 Å². The van der Waals surface area contributed by atoms with Crippen LogP contribution in [0.3, 0.4) is 0 Å². The Morgan fingerprint density at radius 1 is 1.28 bits per heavy atom. The van der Waals surface area contributed by atoms with Crippen molar-refractivity contribution in [3.8, 4) is 0 Å². The zero-order valence-electron chi connectivity index (χ0n) is 11.2. The van der Waals surface area contributed by atoms with Gasteiger partial charge in [0.2, 0.25) is 0 Å². The molecular formula is C15H23FN2. The van der Waals surface area contributed by atoms with E-state index in [1.54, 1.807) is 6.07 Å². The van der Waals surface area contributed by atoms with E-state index >= 15 is 0 Å². The van der Waals surface area contributed by atoms with Gasteiger partial charge in [-0.1, -0.05) is 25.1 Å². The van der Waals surface area contributed by atoms with Gasteiger partial charge >= 0.3 is 0 Å². The summed E-state index contributed by atoms with van der Waals surface area (Å²) >= 11 is 0. The fourth-order valence-electron chi connectivity index (χ4n) is 2.39. The molecule has 100 valence electrons. The first-order chi connectivity index (χ1) is 8.75. The van der Waals surface area contributed by atoms with Crippen molar-refractivity contribution < 1.29 is 4.39 Å². The molecule has 1 aromatic rings. The SMILES string of the molecule is CC1CCN(CCNCc2ccccc2F)CC1. The highest BCUT2D eigenvalue weighted by Crippen LogP contribution is 2.15. The minimum absolute atomic E-state index is 0.114. The Kier molecular flexibility index (Phi) is 5.14. The van der Waals surface area contributed by atoms with Gasteiger partial charge in [-0.05, 0) is 37.9 Å². The van der Waals surface area contributed by atoms with Crippen LogP contribution < -0.4 is 5.32 Å². The predicted octanol–water partition coefficient (Wildman–Crippen LogP) is 2.65. The van der Waals surface area contributed by atoms with Gasteiger partial charge in [0.1, 0.15) is 5.82 Å². The first-order valence-electron chi connectivity index (χ1n) is 6.92. The summed E-state index contributed by atoms with van der Waals surface area (Å²) in [6, 6.07) is 6.97. The Labute approximate surface area is 109 Å². The van der Waals surface area contributed by atoms with Crippen molar-refractivity contribution in [1.82, 2.24) is 10.2 Å². The third-order valence-corrected chi connectivity index (χ3v) is 3.75. The Bertz CT molecular complexity index is 359. The molecule has 2 rings (SSSR count). The Morgan fingerprint density at radius 3 is 2.72 bits per heavy atom. The summed E-state index contributed by atoms with van der Waals surface area (Å²) in [6.45, 7) is 7.37.